The van der Waals surface area contributed by atoms with Crippen molar-refractivity contribution in [2.45, 2.75) is 45.8 Å². The van der Waals surface area contributed by atoms with Gasteiger partial charge >= 0.3 is 6.09 Å². The Labute approximate surface area is 168 Å². The second kappa shape index (κ2) is 7.09. The first kappa shape index (κ1) is 18.7. The van der Waals surface area contributed by atoms with Crippen LogP contribution < -0.4 is 0 Å². The van der Waals surface area contributed by atoms with Gasteiger partial charge in [-0.15, -0.1) is 0 Å². The van der Waals surface area contributed by atoms with Gasteiger partial charge in [-0.05, 0) is 67.6 Å². The second-order valence-electron chi connectivity index (χ2n) is 7.57. The fraction of sp³-hybridized carbons (Fsp3) is 0.381. The number of aryl methyl sites for hydroxylation is 2. The number of hydrogen-bond donors (Lipinski definition) is 1. The molecule has 1 unspecified atom stereocenters. The van der Waals surface area contributed by atoms with Crippen LogP contribution in [0.3, 0.4) is 0 Å². The quantitative estimate of drug-likeness (QED) is 0.815. The van der Waals surface area contributed by atoms with Gasteiger partial charge in [0.25, 0.3) is 5.91 Å². The molecule has 0 aliphatic carbocycles. The maximum Gasteiger partial charge on any atom is 0.407 e. The van der Waals surface area contributed by atoms with E-state index in [1.165, 1.54) is 4.90 Å². The lowest BCUT2D eigenvalue weighted by Gasteiger charge is -2.24. The maximum atomic E-state index is 13.1. The summed E-state index contributed by atoms with van der Waals surface area (Å²) in [7, 11) is 0. The average Bonchev–Trinajstić information content (AvgIpc) is 3.26. The number of nitrogens with zero attached hydrogens (tertiary/aromatic N) is 3. The van der Waals surface area contributed by atoms with Gasteiger partial charge < -0.3 is 14.9 Å². The van der Waals surface area contributed by atoms with E-state index in [2.05, 4.69) is 4.98 Å². The van der Waals surface area contributed by atoms with Crippen LogP contribution in [0.15, 0.2) is 24.3 Å². The van der Waals surface area contributed by atoms with Crippen molar-refractivity contribution < 1.29 is 14.7 Å². The van der Waals surface area contributed by atoms with Crippen LogP contribution in [0.25, 0.3) is 0 Å². The summed E-state index contributed by atoms with van der Waals surface area (Å²) in [6.45, 7) is 5.22. The Kier molecular flexibility index (Phi) is 4.75. The van der Waals surface area contributed by atoms with Gasteiger partial charge in [-0.1, -0.05) is 11.6 Å². The van der Waals surface area contributed by atoms with Gasteiger partial charge in [0, 0.05) is 41.6 Å². The summed E-state index contributed by atoms with van der Waals surface area (Å²) in [6, 6.07) is 7.15. The van der Waals surface area contributed by atoms with Gasteiger partial charge in [0.15, 0.2) is 0 Å². The highest BCUT2D eigenvalue weighted by Crippen LogP contribution is 2.39. The molecule has 6 nitrogen and oxygen atoms in total. The number of benzene rings is 1. The Balaban J connectivity index is 1.66. The number of halogens is 1. The van der Waals surface area contributed by atoms with E-state index in [1.54, 1.807) is 17.0 Å². The standard InChI is InChI=1S/C21H22ClN3O3/c1-12-6-14(7-13(2)23-12)20(26)24-10-15-8-16(22)9-17(18(15)11-24)19-4-3-5-25(19)21(27)28/h6-9,19H,3-5,10-11H2,1-2H3,(H,27,28). The van der Waals surface area contributed by atoms with Crippen LogP contribution in [0.1, 0.15) is 57.3 Å². The third kappa shape index (κ3) is 3.33. The highest BCUT2D eigenvalue weighted by atomic mass is 35.5. The first-order valence-corrected chi connectivity index (χ1v) is 9.76. The first-order valence-electron chi connectivity index (χ1n) is 9.39. The molecular weight excluding hydrogens is 378 g/mol. The van der Waals surface area contributed by atoms with Crippen LogP contribution >= 0.6 is 11.6 Å². The number of pyridine rings is 1. The second-order valence-corrected chi connectivity index (χ2v) is 8.00. The number of likely N-dealkylation sites (tertiary alicyclic amines) is 1. The number of hydrogen-bond acceptors (Lipinski definition) is 3. The van der Waals surface area contributed by atoms with Gasteiger partial charge in [0.2, 0.25) is 0 Å². The van der Waals surface area contributed by atoms with Crippen molar-refractivity contribution in [2.24, 2.45) is 0 Å². The fourth-order valence-corrected chi connectivity index (χ4v) is 4.65. The molecule has 2 aliphatic heterocycles. The maximum absolute atomic E-state index is 13.1. The van der Waals surface area contributed by atoms with E-state index in [4.69, 9.17) is 11.6 Å². The predicted molar refractivity (Wildman–Crippen MR) is 105 cm³/mol. The van der Waals surface area contributed by atoms with Crippen molar-refractivity contribution >= 4 is 23.6 Å². The molecule has 1 N–H and O–H groups in total. The highest BCUT2D eigenvalue weighted by molar-refractivity contribution is 6.30. The van der Waals surface area contributed by atoms with E-state index in [9.17, 15) is 14.7 Å². The van der Waals surface area contributed by atoms with Gasteiger partial charge in [0.1, 0.15) is 0 Å². The molecule has 1 aromatic carbocycles. The summed E-state index contributed by atoms with van der Waals surface area (Å²) in [5.41, 5.74) is 5.20. The molecular formula is C21H22ClN3O3. The minimum atomic E-state index is -0.912. The van der Waals surface area contributed by atoms with E-state index in [0.717, 1.165) is 40.9 Å². The Morgan fingerprint density at radius 2 is 1.86 bits per heavy atom. The van der Waals surface area contributed by atoms with Crippen molar-refractivity contribution in [3.05, 3.63) is 62.9 Å². The molecule has 1 aromatic heterocycles. The smallest absolute Gasteiger partial charge is 0.407 e. The van der Waals surface area contributed by atoms with E-state index in [-0.39, 0.29) is 11.9 Å². The van der Waals surface area contributed by atoms with Crippen molar-refractivity contribution in [1.82, 2.24) is 14.8 Å². The van der Waals surface area contributed by atoms with Crippen LogP contribution in [0.5, 0.6) is 0 Å². The number of amides is 2. The third-order valence-corrected chi connectivity index (χ3v) is 5.74. The number of carbonyl (C=O) groups excluding carboxylic acids is 1. The number of rotatable bonds is 2. The zero-order chi connectivity index (χ0) is 20.0. The summed E-state index contributed by atoms with van der Waals surface area (Å²) in [4.78, 5) is 32.3. The Hall–Kier alpha value is -2.60. The summed E-state index contributed by atoms with van der Waals surface area (Å²) >= 11 is 6.34. The predicted octanol–water partition coefficient (Wildman–Crippen LogP) is 4.32. The Bertz CT molecular complexity index is 955. The monoisotopic (exact) mass is 399 g/mol. The van der Waals surface area contributed by atoms with E-state index in [1.807, 2.05) is 26.0 Å². The van der Waals surface area contributed by atoms with Gasteiger partial charge in [0.05, 0.1) is 6.04 Å². The molecule has 2 aliphatic rings. The summed E-state index contributed by atoms with van der Waals surface area (Å²) in [5.74, 6) is -0.0478. The first-order chi connectivity index (χ1) is 13.3. The number of aromatic nitrogens is 1. The molecule has 0 spiro atoms. The van der Waals surface area contributed by atoms with Crippen LogP contribution in [-0.2, 0) is 13.1 Å². The van der Waals surface area contributed by atoms with E-state index in [0.29, 0.717) is 30.2 Å². The molecule has 1 fully saturated rings. The minimum Gasteiger partial charge on any atom is -0.465 e. The SMILES string of the molecule is Cc1cc(C(=O)N2Cc3cc(Cl)cc(C4CCCN4C(=O)O)c3C2)cc(C)n1. The molecule has 1 atom stereocenters. The average molecular weight is 400 g/mol. The summed E-state index contributed by atoms with van der Waals surface area (Å²) < 4.78 is 0. The molecule has 0 saturated carbocycles. The molecule has 3 heterocycles. The highest BCUT2D eigenvalue weighted by Gasteiger charge is 2.35. The van der Waals surface area contributed by atoms with Crippen molar-refractivity contribution in [1.29, 1.82) is 0 Å². The fourth-order valence-electron chi connectivity index (χ4n) is 4.40. The molecule has 1 saturated heterocycles. The normalized spacial score (nSPS) is 18.5. The van der Waals surface area contributed by atoms with Crippen molar-refractivity contribution in [2.75, 3.05) is 6.54 Å². The van der Waals surface area contributed by atoms with Gasteiger partial charge in [-0.2, -0.15) is 0 Å². The van der Waals surface area contributed by atoms with E-state index >= 15 is 0 Å². The zero-order valence-electron chi connectivity index (χ0n) is 15.9. The van der Waals surface area contributed by atoms with Gasteiger partial charge in [-0.3, -0.25) is 9.78 Å². The third-order valence-electron chi connectivity index (χ3n) is 5.52. The largest absolute Gasteiger partial charge is 0.465 e. The minimum absolute atomic E-state index is 0.0478. The van der Waals surface area contributed by atoms with Crippen LogP contribution in [-0.4, -0.2) is 38.4 Å². The molecule has 0 bridgehead atoms. The zero-order valence-corrected chi connectivity index (χ0v) is 16.7. The van der Waals surface area contributed by atoms with Crippen molar-refractivity contribution in [3.8, 4) is 0 Å². The van der Waals surface area contributed by atoms with E-state index < -0.39 is 6.09 Å². The Morgan fingerprint density at radius 1 is 1.14 bits per heavy atom. The van der Waals surface area contributed by atoms with Crippen LogP contribution in [0.4, 0.5) is 4.79 Å². The van der Waals surface area contributed by atoms with Crippen LogP contribution in [0.2, 0.25) is 5.02 Å². The lowest BCUT2D eigenvalue weighted by Crippen LogP contribution is -2.29. The van der Waals surface area contributed by atoms with Gasteiger partial charge in [-0.25, -0.2) is 4.79 Å². The molecule has 2 amide bonds. The lowest BCUT2D eigenvalue weighted by molar-refractivity contribution is 0.0750. The van der Waals surface area contributed by atoms with Crippen molar-refractivity contribution in [3.63, 3.8) is 0 Å². The molecule has 0 radical (unpaired) electrons. The lowest BCUT2D eigenvalue weighted by atomic mass is 9.96. The Morgan fingerprint density at radius 3 is 2.54 bits per heavy atom. The molecule has 4 rings (SSSR count). The number of fused-ring (bicyclic) bond motifs is 1. The molecule has 7 heteroatoms. The number of carboxylic acid groups (broad SMARTS) is 1. The number of carbonyl (C=O) groups is 2. The topological polar surface area (TPSA) is 73.7 Å². The summed E-state index contributed by atoms with van der Waals surface area (Å²) in [6.07, 6.45) is 0.691. The van der Waals surface area contributed by atoms with Crippen LogP contribution in [0, 0.1) is 13.8 Å². The molecule has 28 heavy (non-hydrogen) atoms. The molecule has 2 aromatic rings. The molecule has 146 valence electrons. The summed E-state index contributed by atoms with van der Waals surface area (Å²) in [5, 5.41) is 10.1.